The molecule has 2 rings (SSSR count). The standard InChI is InChI=1S/C12H14F3NO/c13-12(14,15)8-4-5-10(17)9(6-8)11(16)7-2-1-3-7/h4-7,11,17H,1-3,16H2/t11-/m0/s1. The number of hydrogen-bond acceptors (Lipinski definition) is 2. The molecule has 1 aromatic rings. The molecule has 94 valence electrons. The van der Waals surface area contributed by atoms with Crippen molar-refractivity contribution in [3.05, 3.63) is 29.3 Å². The van der Waals surface area contributed by atoms with Crippen LogP contribution in [0.15, 0.2) is 18.2 Å². The zero-order valence-corrected chi connectivity index (χ0v) is 9.17. The second-order valence-corrected chi connectivity index (χ2v) is 4.49. The maximum absolute atomic E-state index is 12.5. The van der Waals surface area contributed by atoms with Crippen molar-refractivity contribution < 1.29 is 18.3 Å². The topological polar surface area (TPSA) is 46.2 Å². The predicted octanol–water partition coefficient (Wildman–Crippen LogP) is 3.21. The summed E-state index contributed by atoms with van der Waals surface area (Å²) >= 11 is 0. The third-order valence-corrected chi connectivity index (χ3v) is 3.37. The summed E-state index contributed by atoms with van der Waals surface area (Å²) < 4.78 is 37.6. The Morgan fingerprint density at radius 1 is 1.29 bits per heavy atom. The van der Waals surface area contributed by atoms with E-state index in [9.17, 15) is 18.3 Å². The van der Waals surface area contributed by atoms with Crippen LogP contribution in [0.1, 0.15) is 36.4 Å². The quantitative estimate of drug-likeness (QED) is 0.840. The molecule has 0 aliphatic heterocycles. The first-order valence-corrected chi connectivity index (χ1v) is 5.55. The van der Waals surface area contributed by atoms with Gasteiger partial charge in [-0.2, -0.15) is 13.2 Å². The van der Waals surface area contributed by atoms with Crippen molar-refractivity contribution in [1.29, 1.82) is 0 Å². The Labute approximate surface area is 97.2 Å². The molecule has 0 unspecified atom stereocenters. The van der Waals surface area contributed by atoms with Crippen molar-refractivity contribution >= 4 is 0 Å². The Hall–Kier alpha value is -1.23. The number of aromatic hydroxyl groups is 1. The van der Waals surface area contributed by atoms with Gasteiger partial charge in [0.05, 0.1) is 5.56 Å². The molecule has 0 radical (unpaired) electrons. The van der Waals surface area contributed by atoms with Gasteiger partial charge in [-0.3, -0.25) is 0 Å². The highest BCUT2D eigenvalue weighted by atomic mass is 19.4. The summed E-state index contributed by atoms with van der Waals surface area (Å²) in [7, 11) is 0. The minimum absolute atomic E-state index is 0.155. The molecule has 1 aliphatic carbocycles. The van der Waals surface area contributed by atoms with Gasteiger partial charge in [-0.1, -0.05) is 6.42 Å². The van der Waals surface area contributed by atoms with Gasteiger partial charge < -0.3 is 10.8 Å². The van der Waals surface area contributed by atoms with Gasteiger partial charge in [0, 0.05) is 11.6 Å². The summed E-state index contributed by atoms with van der Waals surface area (Å²) in [6.07, 6.45) is -1.52. The second kappa shape index (κ2) is 4.22. The second-order valence-electron chi connectivity index (χ2n) is 4.49. The first-order chi connectivity index (χ1) is 7.89. The number of hydrogen-bond donors (Lipinski definition) is 2. The van der Waals surface area contributed by atoms with Crippen LogP contribution in [0.5, 0.6) is 5.75 Å². The summed E-state index contributed by atoms with van der Waals surface area (Å²) in [5, 5.41) is 9.59. The van der Waals surface area contributed by atoms with Gasteiger partial charge in [-0.25, -0.2) is 0 Å². The molecule has 1 saturated carbocycles. The van der Waals surface area contributed by atoms with Crippen molar-refractivity contribution in [2.75, 3.05) is 0 Å². The van der Waals surface area contributed by atoms with Gasteiger partial charge in [0.25, 0.3) is 0 Å². The van der Waals surface area contributed by atoms with Crippen LogP contribution in [-0.2, 0) is 6.18 Å². The van der Waals surface area contributed by atoms with Crippen LogP contribution in [0.2, 0.25) is 0 Å². The van der Waals surface area contributed by atoms with Gasteiger partial charge in [-0.15, -0.1) is 0 Å². The number of phenolic OH excluding ortho intramolecular Hbond substituents is 1. The minimum Gasteiger partial charge on any atom is -0.508 e. The van der Waals surface area contributed by atoms with Gasteiger partial charge in [0.1, 0.15) is 5.75 Å². The van der Waals surface area contributed by atoms with E-state index in [1.165, 1.54) is 0 Å². The molecule has 1 aromatic carbocycles. The Bertz CT molecular complexity index is 413. The fourth-order valence-electron chi connectivity index (χ4n) is 2.05. The number of rotatable bonds is 2. The van der Waals surface area contributed by atoms with E-state index < -0.39 is 17.8 Å². The lowest BCUT2D eigenvalue weighted by Crippen LogP contribution is -2.27. The van der Waals surface area contributed by atoms with Crippen LogP contribution in [0.3, 0.4) is 0 Å². The molecule has 0 bridgehead atoms. The molecular weight excluding hydrogens is 231 g/mol. The van der Waals surface area contributed by atoms with E-state index in [0.29, 0.717) is 0 Å². The molecule has 0 aromatic heterocycles. The maximum Gasteiger partial charge on any atom is 0.416 e. The lowest BCUT2D eigenvalue weighted by atomic mass is 9.77. The molecule has 0 saturated heterocycles. The van der Waals surface area contributed by atoms with Crippen molar-refractivity contribution in [1.82, 2.24) is 0 Å². The van der Waals surface area contributed by atoms with Crippen LogP contribution in [0, 0.1) is 5.92 Å². The number of phenols is 1. The summed E-state index contributed by atoms with van der Waals surface area (Å²) in [6, 6.07) is 2.38. The molecule has 1 aliphatic rings. The first kappa shape index (κ1) is 12.2. The van der Waals surface area contributed by atoms with Crippen LogP contribution in [0.4, 0.5) is 13.2 Å². The van der Waals surface area contributed by atoms with E-state index in [1.54, 1.807) is 0 Å². The van der Waals surface area contributed by atoms with Crippen molar-refractivity contribution in [3.8, 4) is 5.75 Å². The van der Waals surface area contributed by atoms with E-state index in [2.05, 4.69) is 0 Å². The molecule has 17 heavy (non-hydrogen) atoms. The van der Waals surface area contributed by atoms with Crippen LogP contribution >= 0.6 is 0 Å². The van der Waals surface area contributed by atoms with Crippen LogP contribution in [0.25, 0.3) is 0 Å². The predicted molar refractivity (Wildman–Crippen MR) is 57.4 cm³/mol. The van der Waals surface area contributed by atoms with Gasteiger partial charge in [-0.05, 0) is 37.0 Å². The average Bonchev–Trinajstić information content (AvgIpc) is 2.13. The molecule has 5 heteroatoms. The fourth-order valence-corrected chi connectivity index (χ4v) is 2.05. The van der Waals surface area contributed by atoms with E-state index >= 15 is 0 Å². The van der Waals surface area contributed by atoms with E-state index in [1.807, 2.05) is 0 Å². The van der Waals surface area contributed by atoms with Crippen LogP contribution < -0.4 is 5.73 Å². The normalized spacial score (nSPS) is 18.8. The van der Waals surface area contributed by atoms with E-state index in [0.717, 1.165) is 37.5 Å². The molecular formula is C12H14F3NO. The summed E-state index contributed by atoms with van der Waals surface area (Å²) in [5.74, 6) is 0.0294. The highest BCUT2D eigenvalue weighted by molar-refractivity contribution is 5.39. The van der Waals surface area contributed by atoms with Crippen LogP contribution in [-0.4, -0.2) is 5.11 Å². The monoisotopic (exact) mass is 245 g/mol. The largest absolute Gasteiger partial charge is 0.508 e. The molecule has 0 spiro atoms. The third kappa shape index (κ3) is 2.39. The van der Waals surface area contributed by atoms with Gasteiger partial charge in [0.2, 0.25) is 0 Å². The molecule has 2 nitrogen and oxygen atoms in total. The first-order valence-electron chi connectivity index (χ1n) is 5.55. The molecule has 3 N–H and O–H groups in total. The summed E-state index contributed by atoms with van der Waals surface area (Å²) in [4.78, 5) is 0. The summed E-state index contributed by atoms with van der Waals surface area (Å²) in [5.41, 5.74) is 5.32. The molecule has 0 heterocycles. The fraction of sp³-hybridized carbons (Fsp3) is 0.500. The Morgan fingerprint density at radius 3 is 2.41 bits per heavy atom. The third-order valence-electron chi connectivity index (χ3n) is 3.37. The lowest BCUT2D eigenvalue weighted by Gasteiger charge is -2.32. The number of halogens is 3. The highest BCUT2D eigenvalue weighted by Crippen LogP contribution is 2.41. The smallest absolute Gasteiger partial charge is 0.416 e. The van der Waals surface area contributed by atoms with Crippen molar-refractivity contribution in [3.63, 3.8) is 0 Å². The van der Waals surface area contributed by atoms with Crippen molar-refractivity contribution in [2.24, 2.45) is 11.7 Å². The highest BCUT2D eigenvalue weighted by Gasteiger charge is 2.33. The Balaban J connectivity index is 2.31. The molecule has 1 atom stereocenters. The SMILES string of the molecule is N[C@H](c1cc(C(F)(F)F)ccc1O)C1CCC1. The zero-order valence-electron chi connectivity index (χ0n) is 9.17. The maximum atomic E-state index is 12.5. The number of nitrogens with two attached hydrogens (primary N) is 1. The molecule has 1 fully saturated rings. The lowest BCUT2D eigenvalue weighted by molar-refractivity contribution is -0.137. The number of benzene rings is 1. The van der Waals surface area contributed by atoms with E-state index in [4.69, 9.17) is 5.73 Å². The molecule has 0 amide bonds. The van der Waals surface area contributed by atoms with Crippen molar-refractivity contribution in [2.45, 2.75) is 31.5 Å². The van der Waals surface area contributed by atoms with E-state index in [-0.39, 0.29) is 17.2 Å². The summed E-state index contributed by atoms with van der Waals surface area (Å²) in [6.45, 7) is 0. The van der Waals surface area contributed by atoms with Gasteiger partial charge >= 0.3 is 6.18 Å². The Morgan fingerprint density at radius 2 is 1.94 bits per heavy atom. The minimum atomic E-state index is -4.40. The average molecular weight is 245 g/mol. The zero-order chi connectivity index (χ0) is 12.6. The van der Waals surface area contributed by atoms with Gasteiger partial charge in [0.15, 0.2) is 0 Å². The Kier molecular flexibility index (Phi) is 3.03. The number of alkyl halides is 3.